The number of nitrogens with zero attached hydrogens (tertiary/aromatic N) is 4. The monoisotopic (exact) mass is 862 g/mol. The number of pyridine rings is 1. The van der Waals surface area contributed by atoms with Crippen molar-refractivity contribution >= 4 is 32.8 Å². The Morgan fingerprint density at radius 2 is 1.14 bits per heavy atom. The average Bonchev–Trinajstić information content (AvgIpc) is 4.18. The zero-order valence-corrected chi connectivity index (χ0v) is 35.1. The number of para-hydroxylation sites is 3. The van der Waals surface area contributed by atoms with Crippen molar-refractivity contribution in [1.29, 1.82) is 0 Å². The lowest BCUT2D eigenvalue weighted by atomic mass is 9.95. The molecule has 0 saturated carbocycles. The van der Waals surface area contributed by atoms with Gasteiger partial charge >= 0.3 is 0 Å². The third kappa shape index (κ3) is 6.91. The van der Waals surface area contributed by atoms with Crippen molar-refractivity contribution in [3.63, 3.8) is 0 Å². The number of benzene rings is 9. The number of aryl methyl sites for hydroxylation is 1. The molecule has 0 spiro atoms. The Hall–Kier alpha value is -8.80. The summed E-state index contributed by atoms with van der Waals surface area (Å²) in [6, 6.07) is 35.9. The van der Waals surface area contributed by atoms with Gasteiger partial charge in [0.1, 0.15) is 28.7 Å². The van der Waals surface area contributed by atoms with Gasteiger partial charge in [-0.3, -0.25) is 4.57 Å². The summed E-state index contributed by atoms with van der Waals surface area (Å²) in [4.78, 5) is 4.89. The fourth-order valence-electron chi connectivity index (χ4n) is 8.74. The lowest BCUT2D eigenvalue weighted by Crippen LogP contribution is -2.30. The highest BCUT2D eigenvalue weighted by atomic mass is 16.5. The second kappa shape index (κ2) is 16.4. The van der Waals surface area contributed by atoms with Gasteiger partial charge in [0.2, 0.25) is 0 Å². The summed E-state index contributed by atoms with van der Waals surface area (Å²) >= 11 is 0. The molecule has 12 aromatic rings. The molecule has 3 heterocycles. The minimum absolute atomic E-state index is 0.0594. The SMILES string of the molecule is [2H]c1c([2H])c([2H])c(-c2cnc(-n3c4ccc(-c5ccccc5)cc4c4ccc(Oc5cccc(-n6c[n+](-c7c(-c8c([2H])c([2H])c([2H])c([2H])c8[2H])cccc7-c7c([2H])c([2H])c([2H])c([2H])c7[2H])c7ccccc76)c5)cc43)cc2C)c([2H])c1[2H]. The fraction of sp³-hybridized carbons (Fsp3) is 0.0164. The number of fused-ring (bicyclic) bond motifs is 4. The minimum atomic E-state index is -0.585. The molecule has 9 aromatic carbocycles. The molecule has 0 bridgehead atoms. The minimum Gasteiger partial charge on any atom is -0.457 e. The van der Waals surface area contributed by atoms with Gasteiger partial charge in [-0.1, -0.05) is 163 Å². The maximum absolute atomic E-state index is 9.06. The Balaban J connectivity index is 1.01. The van der Waals surface area contributed by atoms with Crippen LogP contribution in [-0.2, 0) is 0 Å². The molecule has 12 rings (SSSR count). The van der Waals surface area contributed by atoms with E-state index in [1.807, 2.05) is 131 Å². The Bertz CT molecular complexity index is 4480. The van der Waals surface area contributed by atoms with Crippen molar-refractivity contribution in [2.75, 3.05) is 0 Å². The first-order chi connectivity index (χ1) is 38.9. The van der Waals surface area contributed by atoms with Gasteiger partial charge in [-0.05, 0) is 94.9 Å². The summed E-state index contributed by atoms with van der Waals surface area (Å²) < 4.78 is 142. The second-order valence-corrected chi connectivity index (χ2v) is 15.6. The van der Waals surface area contributed by atoms with Crippen molar-refractivity contribution in [3.05, 3.63) is 248 Å². The maximum atomic E-state index is 9.06. The highest BCUT2D eigenvalue weighted by Gasteiger charge is 2.25. The number of hydrogen-bond acceptors (Lipinski definition) is 2. The first kappa shape index (κ1) is 26.1. The van der Waals surface area contributed by atoms with Gasteiger partial charge in [0.25, 0.3) is 6.33 Å². The van der Waals surface area contributed by atoms with E-state index in [0.29, 0.717) is 45.2 Å². The van der Waals surface area contributed by atoms with E-state index in [-0.39, 0.29) is 45.6 Å². The van der Waals surface area contributed by atoms with Crippen LogP contribution in [0.2, 0.25) is 0 Å². The molecule has 66 heavy (non-hydrogen) atoms. The zero-order valence-electron chi connectivity index (χ0n) is 50.1. The van der Waals surface area contributed by atoms with Crippen molar-refractivity contribution < 1.29 is 29.9 Å². The Morgan fingerprint density at radius 1 is 0.485 bits per heavy atom. The van der Waals surface area contributed by atoms with E-state index in [4.69, 9.17) is 30.3 Å². The third-order valence-electron chi connectivity index (χ3n) is 11.7. The normalized spacial score (nSPS) is 14.6. The molecule has 0 aliphatic carbocycles. The zero-order chi connectivity index (χ0) is 57.0. The molecule has 5 heteroatoms. The highest BCUT2D eigenvalue weighted by molar-refractivity contribution is 6.10. The molecule has 5 nitrogen and oxygen atoms in total. The third-order valence-corrected chi connectivity index (χ3v) is 11.7. The number of imidazole rings is 1. The Kier molecular flexibility index (Phi) is 6.48. The summed E-state index contributed by atoms with van der Waals surface area (Å²) in [6.07, 6.45) is 3.28. The molecule has 0 aliphatic heterocycles. The molecule has 0 radical (unpaired) electrons. The molecule has 0 amide bonds. The fourth-order valence-corrected chi connectivity index (χ4v) is 8.74. The van der Waals surface area contributed by atoms with Gasteiger partial charge in [-0.15, -0.1) is 0 Å². The van der Waals surface area contributed by atoms with E-state index in [0.717, 1.165) is 32.9 Å². The van der Waals surface area contributed by atoms with Gasteiger partial charge in [0, 0.05) is 45.8 Å². The molecule has 0 N–H and O–H groups in total. The van der Waals surface area contributed by atoms with E-state index in [9.17, 15) is 0 Å². The van der Waals surface area contributed by atoms with Crippen LogP contribution in [0, 0.1) is 6.92 Å². The molecule has 0 saturated heterocycles. The van der Waals surface area contributed by atoms with Gasteiger partial charge in [-0.25, -0.2) is 4.98 Å². The number of aromatic nitrogens is 4. The number of rotatable bonds is 9. The van der Waals surface area contributed by atoms with Crippen LogP contribution in [0.3, 0.4) is 0 Å². The topological polar surface area (TPSA) is 35.9 Å². The summed E-state index contributed by atoms with van der Waals surface area (Å²) in [5.41, 5.74) is 6.77. The van der Waals surface area contributed by atoms with Gasteiger partial charge in [0.15, 0.2) is 11.0 Å². The van der Waals surface area contributed by atoms with E-state index >= 15 is 0 Å². The lowest BCUT2D eigenvalue weighted by molar-refractivity contribution is -0.566. The molecular formula is C61H43N4O+. The maximum Gasteiger partial charge on any atom is 0.255 e. The molecule has 0 fully saturated rings. The van der Waals surface area contributed by atoms with E-state index < -0.39 is 78.6 Å². The molecule has 312 valence electrons. The predicted octanol–water partition coefficient (Wildman–Crippen LogP) is 15.2. The average molecular weight is 863 g/mol. The second-order valence-electron chi connectivity index (χ2n) is 15.6. The van der Waals surface area contributed by atoms with E-state index in [1.54, 1.807) is 35.3 Å². The lowest BCUT2D eigenvalue weighted by Gasteiger charge is -2.13. The number of ether oxygens (including phenoxy) is 1. The number of hydrogen-bond donors (Lipinski definition) is 0. The predicted molar refractivity (Wildman–Crippen MR) is 270 cm³/mol. The van der Waals surface area contributed by atoms with Crippen molar-refractivity contribution in [2.24, 2.45) is 0 Å². The van der Waals surface area contributed by atoms with Crippen LogP contribution in [0.15, 0.2) is 243 Å². The summed E-state index contributed by atoms with van der Waals surface area (Å²) in [7, 11) is 0. The molecule has 3 aromatic heterocycles. The standard InChI is InChI=1S/C61H43N4O/c1-42-36-60(62-40-55(42)46-24-12-5-13-25-46)65-56-35-32-47(43-18-6-2-7-19-43)37-54(56)53-34-33-50(39-59(53)65)66-49-27-16-26-48(38-49)63-41-64(58-31-15-14-30-57(58)63)61-51(44-20-8-3-9-21-44)28-17-29-52(61)45-22-10-4-11-23-45/h2-41H,1H3/q+1/i3D,4D,5D,8D,9D,10D,11D,12D,13D,20D,21D,22D,23D,24D,25D. The summed E-state index contributed by atoms with van der Waals surface area (Å²) in [6.45, 7) is 1.82. The van der Waals surface area contributed by atoms with Crippen LogP contribution in [0.4, 0.5) is 0 Å². The van der Waals surface area contributed by atoms with Crippen LogP contribution < -0.4 is 9.30 Å². The van der Waals surface area contributed by atoms with Gasteiger partial charge in [0.05, 0.1) is 31.6 Å². The smallest absolute Gasteiger partial charge is 0.255 e. The van der Waals surface area contributed by atoms with Crippen LogP contribution in [0.1, 0.15) is 26.1 Å². The largest absolute Gasteiger partial charge is 0.457 e. The Morgan fingerprint density at radius 3 is 1.85 bits per heavy atom. The first-order valence-corrected chi connectivity index (χ1v) is 21.1. The molecular weight excluding hydrogens is 805 g/mol. The molecule has 0 unspecified atom stereocenters. The van der Waals surface area contributed by atoms with Crippen LogP contribution in [0.5, 0.6) is 11.5 Å². The van der Waals surface area contributed by atoms with Crippen molar-refractivity contribution in [1.82, 2.24) is 14.1 Å². The van der Waals surface area contributed by atoms with Crippen LogP contribution >= 0.6 is 0 Å². The van der Waals surface area contributed by atoms with Crippen molar-refractivity contribution in [2.45, 2.75) is 6.92 Å². The molecule has 0 aliphatic rings. The quantitative estimate of drug-likeness (QED) is 0.136. The summed E-state index contributed by atoms with van der Waals surface area (Å²) in [5.74, 6) is 1.44. The molecule has 0 atom stereocenters. The van der Waals surface area contributed by atoms with Crippen molar-refractivity contribution in [3.8, 4) is 73.2 Å². The van der Waals surface area contributed by atoms with Crippen LogP contribution in [-0.4, -0.2) is 14.1 Å². The van der Waals surface area contributed by atoms with Gasteiger partial charge < -0.3 is 4.74 Å². The highest BCUT2D eigenvalue weighted by Crippen LogP contribution is 2.39. The van der Waals surface area contributed by atoms with Gasteiger partial charge in [-0.2, -0.15) is 9.13 Å². The Labute approximate surface area is 404 Å². The van der Waals surface area contributed by atoms with E-state index in [1.165, 1.54) is 0 Å². The van der Waals surface area contributed by atoms with Crippen LogP contribution in [0.25, 0.3) is 94.5 Å². The first-order valence-electron chi connectivity index (χ1n) is 28.6. The van der Waals surface area contributed by atoms with E-state index in [2.05, 4.69) is 6.07 Å². The summed E-state index contributed by atoms with van der Waals surface area (Å²) in [5, 5.41) is 1.83.